The molecule has 2 aromatic heterocycles. The number of nitrogens with one attached hydrogen (secondary N) is 1. The highest BCUT2D eigenvalue weighted by atomic mass is 19.1. The van der Waals surface area contributed by atoms with Gasteiger partial charge in [-0.25, -0.2) is 23.1 Å². The van der Waals surface area contributed by atoms with E-state index in [9.17, 15) is 13.6 Å². The standard InChI is InChI=1S/C22H24F2N6O2/c1-32-15-6-9-28(13-15)22(31)26-18-12-25-30-10-7-20(27-21(18)30)29-8-2-3-19(29)16-11-14(23)4-5-17(16)24/h4-5,7,10-12,15,19H,2-3,6,8-9,13H2,1H3,(H,26,31)/t15-,19+/m0/s1. The molecule has 32 heavy (non-hydrogen) atoms. The summed E-state index contributed by atoms with van der Waals surface area (Å²) < 4.78 is 35.1. The lowest BCUT2D eigenvalue weighted by Gasteiger charge is -2.26. The van der Waals surface area contributed by atoms with Crippen LogP contribution in [0.4, 0.5) is 25.1 Å². The van der Waals surface area contributed by atoms with Crippen LogP contribution in [-0.4, -0.2) is 58.4 Å². The molecule has 2 atom stereocenters. The number of carbonyl (C=O) groups excluding carboxylic acids is 1. The van der Waals surface area contributed by atoms with Gasteiger partial charge in [-0.1, -0.05) is 0 Å². The van der Waals surface area contributed by atoms with Gasteiger partial charge in [0, 0.05) is 38.5 Å². The van der Waals surface area contributed by atoms with Crippen LogP contribution < -0.4 is 10.2 Å². The molecular weight excluding hydrogens is 418 g/mol. The van der Waals surface area contributed by atoms with E-state index >= 15 is 0 Å². The molecule has 2 aliphatic rings. The Balaban J connectivity index is 1.41. The molecule has 4 heterocycles. The lowest BCUT2D eigenvalue weighted by molar-refractivity contribution is 0.111. The average molecular weight is 442 g/mol. The van der Waals surface area contributed by atoms with E-state index in [-0.39, 0.29) is 18.2 Å². The van der Waals surface area contributed by atoms with Gasteiger partial charge in [0.25, 0.3) is 0 Å². The molecule has 2 saturated heterocycles. The number of fused-ring (bicyclic) bond motifs is 1. The van der Waals surface area contributed by atoms with E-state index in [4.69, 9.17) is 9.72 Å². The molecule has 8 nitrogen and oxygen atoms in total. The number of urea groups is 1. The molecule has 0 aliphatic carbocycles. The van der Waals surface area contributed by atoms with Crippen LogP contribution >= 0.6 is 0 Å². The molecule has 3 aromatic rings. The highest BCUT2D eigenvalue weighted by Crippen LogP contribution is 2.37. The molecule has 1 aromatic carbocycles. The Morgan fingerprint density at radius 1 is 1.22 bits per heavy atom. The van der Waals surface area contributed by atoms with Crippen molar-refractivity contribution in [3.63, 3.8) is 0 Å². The minimum Gasteiger partial charge on any atom is -0.380 e. The monoisotopic (exact) mass is 442 g/mol. The van der Waals surface area contributed by atoms with Crippen molar-refractivity contribution in [1.29, 1.82) is 0 Å². The normalized spacial score (nSPS) is 21.0. The first-order chi connectivity index (χ1) is 15.5. The lowest BCUT2D eigenvalue weighted by atomic mass is 10.0. The van der Waals surface area contributed by atoms with Gasteiger partial charge in [-0.2, -0.15) is 5.10 Å². The second kappa shape index (κ2) is 8.34. The number of aromatic nitrogens is 3. The van der Waals surface area contributed by atoms with Gasteiger partial charge in [0.2, 0.25) is 0 Å². The number of ether oxygens (including phenoxy) is 1. The van der Waals surface area contributed by atoms with Crippen LogP contribution in [0.15, 0.2) is 36.7 Å². The fourth-order valence-electron chi connectivity index (χ4n) is 4.54. The Bertz CT molecular complexity index is 1150. The highest BCUT2D eigenvalue weighted by molar-refractivity contribution is 5.93. The van der Waals surface area contributed by atoms with E-state index in [0.29, 0.717) is 48.8 Å². The van der Waals surface area contributed by atoms with Gasteiger partial charge in [-0.3, -0.25) is 0 Å². The minimum atomic E-state index is -0.463. The predicted molar refractivity (Wildman–Crippen MR) is 115 cm³/mol. The largest absolute Gasteiger partial charge is 0.380 e. The summed E-state index contributed by atoms with van der Waals surface area (Å²) in [6.45, 7) is 1.83. The third-order valence-corrected chi connectivity index (χ3v) is 6.23. The molecule has 0 spiro atoms. The molecule has 10 heteroatoms. The van der Waals surface area contributed by atoms with Crippen LogP contribution in [-0.2, 0) is 4.74 Å². The van der Waals surface area contributed by atoms with Gasteiger partial charge in [0.15, 0.2) is 5.65 Å². The zero-order chi connectivity index (χ0) is 22.2. The first kappa shape index (κ1) is 20.6. The Kier molecular flexibility index (Phi) is 5.38. The van der Waals surface area contributed by atoms with Crippen LogP contribution in [0.1, 0.15) is 30.9 Å². The summed E-state index contributed by atoms with van der Waals surface area (Å²) >= 11 is 0. The van der Waals surface area contributed by atoms with Crippen LogP contribution in [0.25, 0.3) is 5.65 Å². The molecule has 0 radical (unpaired) electrons. The fraction of sp³-hybridized carbons (Fsp3) is 0.409. The maximum atomic E-state index is 14.4. The quantitative estimate of drug-likeness (QED) is 0.668. The van der Waals surface area contributed by atoms with E-state index in [2.05, 4.69) is 10.4 Å². The number of nitrogens with zero attached hydrogens (tertiary/aromatic N) is 5. The van der Waals surface area contributed by atoms with Crippen LogP contribution in [0.5, 0.6) is 0 Å². The molecule has 5 rings (SSSR count). The number of likely N-dealkylation sites (tertiary alicyclic amines) is 1. The number of halogens is 2. The lowest BCUT2D eigenvalue weighted by Crippen LogP contribution is -2.33. The number of rotatable bonds is 4. The molecule has 2 amide bonds. The van der Waals surface area contributed by atoms with Crippen molar-refractivity contribution in [2.45, 2.75) is 31.4 Å². The molecule has 0 bridgehead atoms. The van der Waals surface area contributed by atoms with Crippen LogP contribution in [0.2, 0.25) is 0 Å². The maximum absolute atomic E-state index is 14.4. The van der Waals surface area contributed by atoms with Crippen molar-refractivity contribution in [2.24, 2.45) is 0 Å². The second-order valence-corrected chi connectivity index (χ2v) is 8.15. The van der Waals surface area contributed by atoms with Gasteiger partial charge in [0.05, 0.1) is 18.3 Å². The van der Waals surface area contributed by atoms with E-state index in [1.54, 1.807) is 35.0 Å². The number of methoxy groups -OCH3 is 1. The highest BCUT2D eigenvalue weighted by Gasteiger charge is 2.30. The number of hydrogen-bond acceptors (Lipinski definition) is 5. The molecule has 0 saturated carbocycles. The maximum Gasteiger partial charge on any atom is 0.322 e. The number of anilines is 2. The predicted octanol–water partition coefficient (Wildman–Crippen LogP) is 3.60. The van der Waals surface area contributed by atoms with Crippen molar-refractivity contribution in [2.75, 3.05) is 37.0 Å². The summed E-state index contributed by atoms with van der Waals surface area (Å²) in [5.74, 6) is -0.267. The number of benzene rings is 1. The van der Waals surface area contributed by atoms with Gasteiger partial charge in [-0.15, -0.1) is 0 Å². The van der Waals surface area contributed by atoms with Gasteiger partial charge < -0.3 is 19.9 Å². The minimum absolute atomic E-state index is 0.0460. The summed E-state index contributed by atoms with van der Waals surface area (Å²) in [6, 6.07) is 4.80. The Hall–Kier alpha value is -3.27. The van der Waals surface area contributed by atoms with Gasteiger partial charge in [-0.05, 0) is 43.5 Å². The zero-order valence-corrected chi connectivity index (χ0v) is 17.7. The van der Waals surface area contributed by atoms with E-state index in [1.807, 2.05) is 4.90 Å². The third-order valence-electron chi connectivity index (χ3n) is 6.23. The van der Waals surface area contributed by atoms with Gasteiger partial charge in [0.1, 0.15) is 23.1 Å². The second-order valence-electron chi connectivity index (χ2n) is 8.15. The summed E-state index contributed by atoms with van der Waals surface area (Å²) in [5.41, 5.74) is 1.31. The molecule has 168 valence electrons. The van der Waals surface area contributed by atoms with E-state index in [1.165, 1.54) is 6.07 Å². The Morgan fingerprint density at radius 2 is 2.09 bits per heavy atom. The number of hydrogen-bond donors (Lipinski definition) is 1. The van der Waals surface area contributed by atoms with Crippen molar-refractivity contribution in [3.8, 4) is 0 Å². The van der Waals surface area contributed by atoms with Gasteiger partial charge >= 0.3 is 6.03 Å². The van der Waals surface area contributed by atoms with Crippen molar-refractivity contribution in [1.82, 2.24) is 19.5 Å². The SMILES string of the molecule is CO[C@H]1CCN(C(=O)Nc2cnn3ccc(N4CCC[C@@H]4c4cc(F)ccc4F)nc23)C1. The fourth-order valence-corrected chi connectivity index (χ4v) is 4.54. The smallest absolute Gasteiger partial charge is 0.322 e. The molecular formula is C22H24F2N6O2. The summed E-state index contributed by atoms with van der Waals surface area (Å²) in [7, 11) is 1.64. The molecule has 0 unspecified atom stereocenters. The van der Waals surface area contributed by atoms with Crippen LogP contribution in [0.3, 0.4) is 0 Å². The number of amides is 2. The average Bonchev–Trinajstić information content (AvgIpc) is 3.55. The summed E-state index contributed by atoms with van der Waals surface area (Å²) in [5, 5.41) is 7.15. The zero-order valence-electron chi connectivity index (χ0n) is 17.7. The third kappa shape index (κ3) is 3.75. The first-order valence-electron chi connectivity index (χ1n) is 10.7. The van der Waals surface area contributed by atoms with E-state index in [0.717, 1.165) is 25.0 Å². The summed E-state index contributed by atoms with van der Waals surface area (Å²) in [6.07, 6.45) is 5.69. The molecule has 2 fully saturated rings. The topological polar surface area (TPSA) is 75.0 Å². The van der Waals surface area contributed by atoms with Crippen molar-refractivity contribution in [3.05, 3.63) is 53.9 Å². The number of carbonyl (C=O) groups is 1. The molecule has 2 aliphatic heterocycles. The first-order valence-corrected chi connectivity index (χ1v) is 10.7. The Morgan fingerprint density at radius 3 is 2.91 bits per heavy atom. The summed E-state index contributed by atoms with van der Waals surface area (Å²) in [4.78, 5) is 21.1. The van der Waals surface area contributed by atoms with Crippen LogP contribution in [0, 0.1) is 11.6 Å². The van der Waals surface area contributed by atoms with Crippen molar-refractivity contribution < 1.29 is 18.3 Å². The van der Waals surface area contributed by atoms with Crippen molar-refractivity contribution >= 4 is 23.2 Å². The Labute approximate surface area is 183 Å². The molecule has 1 N–H and O–H groups in total. The van der Waals surface area contributed by atoms with E-state index < -0.39 is 11.6 Å².